The van der Waals surface area contributed by atoms with Crippen molar-refractivity contribution in [1.82, 2.24) is 14.7 Å². The highest BCUT2D eigenvalue weighted by Gasteiger charge is 2.28. The molecule has 0 aliphatic carbocycles. The Morgan fingerprint density at radius 3 is 2.12 bits per heavy atom. The van der Waals surface area contributed by atoms with Gasteiger partial charge >= 0.3 is 0 Å². The van der Waals surface area contributed by atoms with Gasteiger partial charge < -0.3 is 9.80 Å². The number of piperazine rings is 1. The van der Waals surface area contributed by atoms with Crippen LogP contribution in [0.15, 0.2) is 84.2 Å². The summed E-state index contributed by atoms with van der Waals surface area (Å²) >= 11 is 0. The number of rotatable bonds is 10. The molecule has 0 saturated carbocycles. The second kappa shape index (κ2) is 13.6. The molecule has 5 heteroatoms. The molecular weight excluding hydrogens is 428 g/mol. The molecule has 0 N–H and O–H groups in total. The van der Waals surface area contributed by atoms with E-state index in [4.69, 9.17) is 0 Å². The summed E-state index contributed by atoms with van der Waals surface area (Å²) in [5.74, 6) is -1.15. The highest BCUT2D eigenvalue weighted by molar-refractivity contribution is 5.42. The Kier molecular flexibility index (Phi) is 11.2. The number of allylic oxidation sites excluding steroid dienone is 9. The Morgan fingerprint density at radius 1 is 0.971 bits per heavy atom. The number of likely N-dealkylation sites (tertiary alicyclic amines) is 1. The molecule has 0 bridgehead atoms. The summed E-state index contributed by atoms with van der Waals surface area (Å²) in [7, 11) is 0. The SMILES string of the molecule is C=C(F)/C=C(F)\C=C/C(C)CN1CCC(N2CCN(C(=C)/C(C)=C\C(=C/C)C(=C)C)CC2)CC1. The monoisotopic (exact) mass is 471 g/mol. The second-order valence-corrected chi connectivity index (χ2v) is 9.67. The minimum atomic E-state index is -0.765. The summed E-state index contributed by atoms with van der Waals surface area (Å²) < 4.78 is 26.2. The third-order valence-electron chi connectivity index (χ3n) is 6.83. The minimum absolute atomic E-state index is 0.211. The average Bonchev–Trinajstić information content (AvgIpc) is 2.80. The van der Waals surface area contributed by atoms with Crippen molar-refractivity contribution in [2.45, 2.75) is 46.6 Å². The van der Waals surface area contributed by atoms with Crippen molar-refractivity contribution in [3.8, 4) is 0 Å². The molecule has 2 saturated heterocycles. The van der Waals surface area contributed by atoms with E-state index < -0.39 is 11.7 Å². The Balaban J connectivity index is 1.77. The van der Waals surface area contributed by atoms with Gasteiger partial charge in [-0.05, 0) is 69.8 Å². The first kappa shape index (κ1) is 28.0. The van der Waals surface area contributed by atoms with Gasteiger partial charge in [-0.3, -0.25) is 4.90 Å². The van der Waals surface area contributed by atoms with Gasteiger partial charge in [0, 0.05) is 50.5 Å². The molecule has 0 aromatic heterocycles. The zero-order chi connectivity index (χ0) is 25.3. The molecule has 188 valence electrons. The van der Waals surface area contributed by atoms with Crippen molar-refractivity contribution in [3.05, 3.63) is 84.2 Å². The molecular formula is C29H43F2N3. The summed E-state index contributed by atoms with van der Waals surface area (Å²) in [4.78, 5) is 7.50. The van der Waals surface area contributed by atoms with E-state index in [9.17, 15) is 8.78 Å². The predicted octanol–water partition coefficient (Wildman–Crippen LogP) is 6.58. The summed E-state index contributed by atoms with van der Waals surface area (Å²) in [5.41, 5.74) is 4.55. The first-order valence-electron chi connectivity index (χ1n) is 12.4. The number of nitrogens with zero attached hydrogens (tertiary/aromatic N) is 3. The van der Waals surface area contributed by atoms with Crippen LogP contribution in [0, 0.1) is 5.92 Å². The molecule has 0 spiro atoms. The molecule has 34 heavy (non-hydrogen) atoms. The maximum Gasteiger partial charge on any atom is 0.125 e. The molecule has 2 fully saturated rings. The van der Waals surface area contributed by atoms with E-state index in [2.05, 4.69) is 60.4 Å². The zero-order valence-electron chi connectivity index (χ0n) is 21.6. The highest BCUT2D eigenvalue weighted by atomic mass is 19.1. The number of hydrogen-bond donors (Lipinski definition) is 0. The fourth-order valence-corrected chi connectivity index (χ4v) is 4.76. The zero-order valence-corrected chi connectivity index (χ0v) is 21.6. The van der Waals surface area contributed by atoms with Crippen molar-refractivity contribution >= 4 is 0 Å². The minimum Gasteiger partial charge on any atom is -0.369 e. The Morgan fingerprint density at radius 2 is 1.59 bits per heavy atom. The van der Waals surface area contributed by atoms with E-state index in [1.54, 1.807) is 6.08 Å². The van der Waals surface area contributed by atoms with Crippen LogP contribution < -0.4 is 0 Å². The molecule has 0 aromatic rings. The Bertz CT molecular complexity index is 849. The molecule has 1 atom stereocenters. The highest BCUT2D eigenvalue weighted by Crippen LogP contribution is 2.23. The summed E-state index contributed by atoms with van der Waals surface area (Å²) in [6.07, 6.45) is 10.6. The van der Waals surface area contributed by atoms with Crippen LogP contribution in [-0.4, -0.2) is 66.6 Å². The average molecular weight is 472 g/mol. The number of halogens is 2. The first-order chi connectivity index (χ1) is 16.1. The maximum absolute atomic E-state index is 13.5. The van der Waals surface area contributed by atoms with Gasteiger partial charge in [-0.15, -0.1) is 0 Å². The quantitative estimate of drug-likeness (QED) is 0.333. The van der Waals surface area contributed by atoms with E-state index in [0.717, 1.165) is 76.0 Å². The topological polar surface area (TPSA) is 9.72 Å². The largest absolute Gasteiger partial charge is 0.369 e. The van der Waals surface area contributed by atoms with Crippen molar-refractivity contribution in [1.29, 1.82) is 0 Å². The van der Waals surface area contributed by atoms with Gasteiger partial charge in [-0.25, -0.2) is 8.78 Å². The summed E-state index contributed by atoms with van der Waals surface area (Å²) in [5, 5.41) is 0. The standard InChI is InChI=1S/C29H43F2N3/c1-8-27(22(2)3)19-24(5)26(7)33-15-17-34(18-16-33)29-11-13-32(14-12-29)21-23(4)9-10-28(31)20-25(6)30/h8-10,19-20,23,29H,2,6-7,11-18,21H2,1,3-5H3/b10-9-,24-19-,27-8+,28-20+. The lowest BCUT2D eigenvalue weighted by atomic mass is 10.00. The van der Waals surface area contributed by atoms with Crippen LogP contribution in [0.4, 0.5) is 8.78 Å². The van der Waals surface area contributed by atoms with Gasteiger partial charge in [0.05, 0.1) is 0 Å². The molecule has 3 nitrogen and oxygen atoms in total. The normalized spacial score (nSPS) is 21.2. The van der Waals surface area contributed by atoms with E-state index >= 15 is 0 Å². The molecule has 0 amide bonds. The molecule has 2 aliphatic rings. The summed E-state index contributed by atoms with van der Waals surface area (Å²) in [6.45, 7) is 26.9. The van der Waals surface area contributed by atoms with Crippen molar-refractivity contribution in [2.24, 2.45) is 5.92 Å². The van der Waals surface area contributed by atoms with E-state index in [1.165, 1.54) is 17.2 Å². The molecule has 2 heterocycles. The molecule has 0 aromatic carbocycles. The van der Waals surface area contributed by atoms with Crippen molar-refractivity contribution in [3.63, 3.8) is 0 Å². The van der Waals surface area contributed by atoms with Gasteiger partial charge in [0.2, 0.25) is 0 Å². The summed E-state index contributed by atoms with van der Waals surface area (Å²) in [6, 6.07) is 0.628. The lowest BCUT2D eigenvalue weighted by Crippen LogP contribution is -2.53. The lowest BCUT2D eigenvalue weighted by molar-refractivity contribution is 0.0684. The van der Waals surface area contributed by atoms with E-state index in [0.29, 0.717) is 6.04 Å². The second-order valence-electron chi connectivity index (χ2n) is 9.67. The Hall–Kier alpha value is -2.24. The van der Waals surface area contributed by atoms with Crippen LogP contribution >= 0.6 is 0 Å². The molecule has 1 unspecified atom stereocenters. The van der Waals surface area contributed by atoms with Gasteiger partial charge in [-0.1, -0.05) is 50.5 Å². The van der Waals surface area contributed by atoms with E-state index in [1.807, 2.05) is 13.8 Å². The molecule has 2 aliphatic heterocycles. The predicted molar refractivity (Wildman–Crippen MR) is 142 cm³/mol. The maximum atomic E-state index is 13.5. The van der Waals surface area contributed by atoms with Crippen molar-refractivity contribution < 1.29 is 8.78 Å². The molecule has 2 rings (SSSR count). The van der Waals surface area contributed by atoms with Gasteiger partial charge in [0.1, 0.15) is 11.7 Å². The van der Waals surface area contributed by atoms with Gasteiger partial charge in [0.25, 0.3) is 0 Å². The van der Waals surface area contributed by atoms with Crippen LogP contribution in [0.25, 0.3) is 0 Å². The smallest absolute Gasteiger partial charge is 0.125 e. The van der Waals surface area contributed by atoms with Crippen molar-refractivity contribution in [2.75, 3.05) is 45.8 Å². The Labute approximate surface area is 206 Å². The van der Waals surface area contributed by atoms with Crippen LogP contribution in [0.2, 0.25) is 0 Å². The fourth-order valence-electron chi connectivity index (χ4n) is 4.76. The first-order valence-corrected chi connectivity index (χ1v) is 12.4. The van der Waals surface area contributed by atoms with Crippen LogP contribution in [0.5, 0.6) is 0 Å². The lowest BCUT2D eigenvalue weighted by Gasteiger charge is -2.44. The third kappa shape index (κ3) is 8.84. The van der Waals surface area contributed by atoms with Gasteiger partial charge in [0.15, 0.2) is 0 Å². The number of hydrogen-bond acceptors (Lipinski definition) is 3. The third-order valence-corrected chi connectivity index (χ3v) is 6.83. The van der Waals surface area contributed by atoms with Crippen LogP contribution in [0.1, 0.15) is 40.5 Å². The van der Waals surface area contributed by atoms with Crippen LogP contribution in [-0.2, 0) is 0 Å². The van der Waals surface area contributed by atoms with Gasteiger partial charge in [-0.2, -0.15) is 0 Å². The molecule has 0 radical (unpaired) electrons. The van der Waals surface area contributed by atoms with Crippen LogP contribution in [0.3, 0.4) is 0 Å². The van der Waals surface area contributed by atoms with E-state index in [-0.39, 0.29) is 5.92 Å². The fraction of sp³-hybridized carbons (Fsp3) is 0.517. The number of piperidine rings is 1.